The highest BCUT2D eigenvalue weighted by Gasteiger charge is 2.11. The summed E-state index contributed by atoms with van der Waals surface area (Å²) in [6.45, 7) is 4.36. The Morgan fingerprint density at radius 3 is 2.60 bits per heavy atom. The first kappa shape index (κ1) is 17.3. The van der Waals surface area contributed by atoms with Gasteiger partial charge in [0.25, 0.3) is 5.91 Å². The highest BCUT2D eigenvalue weighted by atomic mass is 35.5. The second kappa shape index (κ2) is 9.22. The summed E-state index contributed by atoms with van der Waals surface area (Å²) in [7, 11) is 0. The molecule has 112 valence electrons. The molecule has 2 rings (SSSR count). The van der Waals surface area contributed by atoms with Gasteiger partial charge in [-0.3, -0.25) is 4.79 Å². The molecule has 3 nitrogen and oxygen atoms in total. The topological polar surface area (TPSA) is 32.3 Å². The second-order valence-corrected chi connectivity index (χ2v) is 5.40. The minimum Gasteiger partial charge on any atom is -0.352 e. The fourth-order valence-corrected chi connectivity index (χ4v) is 2.63. The highest BCUT2D eigenvalue weighted by molar-refractivity contribution is 6.33. The first-order valence-electron chi connectivity index (χ1n) is 7.02. The summed E-state index contributed by atoms with van der Waals surface area (Å²) in [4.78, 5) is 14.4. The van der Waals surface area contributed by atoms with Crippen molar-refractivity contribution in [3.63, 3.8) is 0 Å². The van der Waals surface area contributed by atoms with Gasteiger partial charge in [-0.1, -0.05) is 23.7 Å². The first-order valence-corrected chi connectivity index (χ1v) is 7.40. The molecule has 0 unspecified atom stereocenters. The van der Waals surface area contributed by atoms with Gasteiger partial charge in [0.15, 0.2) is 0 Å². The van der Waals surface area contributed by atoms with Crippen molar-refractivity contribution in [2.75, 3.05) is 26.2 Å². The molecule has 1 aliphatic rings. The van der Waals surface area contributed by atoms with Crippen LogP contribution in [0.15, 0.2) is 24.3 Å². The number of rotatable bonds is 6. The summed E-state index contributed by atoms with van der Waals surface area (Å²) in [6, 6.07) is 7.15. The maximum absolute atomic E-state index is 11.9. The summed E-state index contributed by atoms with van der Waals surface area (Å²) in [6.07, 6.45) is 4.84. The van der Waals surface area contributed by atoms with Gasteiger partial charge in [0.1, 0.15) is 0 Å². The van der Waals surface area contributed by atoms with E-state index in [1.54, 1.807) is 12.1 Å². The van der Waals surface area contributed by atoms with E-state index in [4.69, 9.17) is 11.6 Å². The van der Waals surface area contributed by atoms with Crippen molar-refractivity contribution in [3.05, 3.63) is 34.9 Å². The van der Waals surface area contributed by atoms with E-state index in [0.29, 0.717) is 10.6 Å². The number of nitrogens with zero attached hydrogens (tertiary/aromatic N) is 1. The third-order valence-electron chi connectivity index (χ3n) is 3.50. The largest absolute Gasteiger partial charge is 0.352 e. The molecule has 1 aliphatic heterocycles. The molecule has 1 saturated heterocycles. The van der Waals surface area contributed by atoms with Gasteiger partial charge in [0.2, 0.25) is 0 Å². The molecule has 1 aromatic rings. The van der Waals surface area contributed by atoms with Gasteiger partial charge in [0.05, 0.1) is 10.6 Å². The Morgan fingerprint density at radius 2 is 1.90 bits per heavy atom. The van der Waals surface area contributed by atoms with E-state index in [0.717, 1.165) is 25.9 Å². The predicted molar refractivity (Wildman–Crippen MR) is 85.9 cm³/mol. The van der Waals surface area contributed by atoms with E-state index in [2.05, 4.69) is 10.2 Å². The molecular weight excluding hydrogens is 295 g/mol. The fraction of sp³-hybridized carbons (Fsp3) is 0.533. The van der Waals surface area contributed by atoms with E-state index in [1.165, 1.54) is 25.9 Å². The molecule has 0 aliphatic carbocycles. The minimum absolute atomic E-state index is 0. The van der Waals surface area contributed by atoms with E-state index in [9.17, 15) is 4.79 Å². The number of carbonyl (C=O) groups excluding carboxylic acids is 1. The predicted octanol–water partition coefficient (Wildman–Crippen LogP) is 3.37. The van der Waals surface area contributed by atoms with Crippen molar-refractivity contribution in [2.24, 2.45) is 0 Å². The Labute approximate surface area is 132 Å². The van der Waals surface area contributed by atoms with Crippen LogP contribution in [0.25, 0.3) is 0 Å². The third-order valence-corrected chi connectivity index (χ3v) is 3.83. The molecule has 1 aromatic carbocycles. The number of benzene rings is 1. The smallest absolute Gasteiger partial charge is 0.252 e. The Kier molecular flexibility index (Phi) is 7.97. The van der Waals surface area contributed by atoms with Gasteiger partial charge < -0.3 is 10.2 Å². The van der Waals surface area contributed by atoms with Crippen LogP contribution in [0.4, 0.5) is 0 Å². The number of hydrogen-bond acceptors (Lipinski definition) is 2. The van der Waals surface area contributed by atoms with Crippen molar-refractivity contribution < 1.29 is 4.79 Å². The average Bonchev–Trinajstić information content (AvgIpc) is 2.92. The summed E-state index contributed by atoms with van der Waals surface area (Å²) in [5, 5.41) is 3.43. The second-order valence-electron chi connectivity index (χ2n) is 4.99. The monoisotopic (exact) mass is 316 g/mol. The summed E-state index contributed by atoms with van der Waals surface area (Å²) in [5.41, 5.74) is 0.559. The van der Waals surface area contributed by atoms with E-state index >= 15 is 0 Å². The molecular formula is C15H22Cl2N2O. The number of carbonyl (C=O) groups is 1. The number of unbranched alkanes of at least 4 members (excludes halogenated alkanes) is 1. The fourth-order valence-electron chi connectivity index (χ4n) is 2.41. The van der Waals surface area contributed by atoms with Crippen LogP contribution in [0, 0.1) is 0 Å². The standard InChI is InChI=1S/C15H21ClN2O.ClH/c16-14-8-2-1-7-13(14)15(19)17-9-3-4-10-18-11-5-6-12-18;/h1-2,7-8H,3-6,9-12H2,(H,17,19);1H. The number of likely N-dealkylation sites (tertiary alicyclic amines) is 1. The van der Waals surface area contributed by atoms with Crippen LogP contribution >= 0.6 is 24.0 Å². The lowest BCUT2D eigenvalue weighted by atomic mass is 10.2. The van der Waals surface area contributed by atoms with Gasteiger partial charge in [-0.25, -0.2) is 0 Å². The van der Waals surface area contributed by atoms with E-state index < -0.39 is 0 Å². The van der Waals surface area contributed by atoms with Crippen molar-refractivity contribution >= 4 is 29.9 Å². The Balaban J connectivity index is 0.00000200. The van der Waals surface area contributed by atoms with Crippen molar-refractivity contribution in [1.82, 2.24) is 10.2 Å². The minimum atomic E-state index is -0.0771. The van der Waals surface area contributed by atoms with Gasteiger partial charge in [0, 0.05) is 6.54 Å². The number of nitrogens with one attached hydrogen (secondary N) is 1. The van der Waals surface area contributed by atoms with Crippen molar-refractivity contribution in [3.8, 4) is 0 Å². The maximum atomic E-state index is 11.9. The lowest BCUT2D eigenvalue weighted by molar-refractivity contribution is 0.0953. The quantitative estimate of drug-likeness (QED) is 0.816. The van der Waals surface area contributed by atoms with Crippen LogP contribution in [0.1, 0.15) is 36.0 Å². The van der Waals surface area contributed by atoms with Gasteiger partial charge >= 0.3 is 0 Å². The molecule has 0 aromatic heterocycles. The molecule has 1 N–H and O–H groups in total. The van der Waals surface area contributed by atoms with E-state index in [1.807, 2.05) is 12.1 Å². The van der Waals surface area contributed by atoms with Gasteiger partial charge in [-0.05, 0) is 57.5 Å². The molecule has 20 heavy (non-hydrogen) atoms. The SMILES string of the molecule is Cl.O=C(NCCCCN1CCCC1)c1ccccc1Cl. The van der Waals surface area contributed by atoms with Gasteiger partial charge in [-0.2, -0.15) is 0 Å². The van der Waals surface area contributed by atoms with Crippen LogP contribution in [-0.2, 0) is 0 Å². The van der Waals surface area contributed by atoms with Crippen LogP contribution in [0.3, 0.4) is 0 Å². The summed E-state index contributed by atoms with van der Waals surface area (Å²) >= 11 is 5.98. The van der Waals surface area contributed by atoms with Crippen LogP contribution in [0.2, 0.25) is 5.02 Å². The van der Waals surface area contributed by atoms with Gasteiger partial charge in [-0.15, -0.1) is 12.4 Å². The molecule has 0 spiro atoms. The molecule has 1 amide bonds. The zero-order chi connectivity index (χ0) is 13.5. The third kappa shape index (κ3) is 5.31. The zero-order valence-electron chi connectivity index (χ0n) is 11.6. The molecule has 5 heteroatoms. The summed E-state index contributed by atoms with van der Waals surface area (Å²) < 4.78 is 0. The normalized spacial score (nSPS) is 14.8. The lowest BCUT2D eigenvalue weighted by Crippen LogP contribution is -2.26. The molecule has 1 fully saturated rings. The molecule has 0 atom stereocenters. The first-order chi connectivity index (χ1) is 9.27. The Bertz CT molecular complexity index is 420. The maximum Gasteiger partial charge on any atom is 0.252 e. The Hall–Kier alpha value is -0.770. The van der Waals surface area contributed by atoms with Crippen LogP contribution in [0.5, 0.6) is 0 Å². The van der Waals surface area contributed by atoms with Crippen LogP contribution in [-0.4, -0.2) is 37.0 Å². The molecule has 1 heterocycles. The van der Waals surface area contributed by atoms with Crippen molar-refractivity contribution in [2.45, 2.75) is 25.7 Å². The molecule has 0 bridgehead atoms. The van der Waals surface area contributed by atoms with Crippen LogP contribution < -0.4 is 5.32 Å². The zero-order valence-corrected chi connectivity index (χ0v) is 13.2. The Morgan fingerprint density at radius 1 is 1.20 bits per heavy atom. The number of hydrogen-bond donors (Lipinski definition) is 1. The average molecular weight is 317 g/mol. The lowest BCUT2D eigenvalue weighted by Gasteiger charge is -2.14. The van der Waals surface area contributed by atoms with Crippen molar-refractivity contribution in [1.29, 1.82) is 0 Å². The summed E-state index contributed by atoms with van der Waals surface area (Å²) in [5.74, 6) is -0.0771. The number of amides is 1. The number of halogens is 2. The molecule has 0 radical (unpaired) electrons. The van der Waals surface area contributed by atoms with E-state index in [-0.39, 0.29) is 18.3 Å². The molecule has 0 saturated carbocycles. The highest BCUT2D eigenvalue weighted by Crippen LogP contribution is 2.14.